The maximum atomic E-state index is 12.6. The van der Waals surface area contributed by atoms with Crippen LogP contribution in [0.1, 0.15) is 32.1 Å². The van der Waals surface area contributed by atoms with Crippen molar-refractivity contribution in [2.75, 3.05) is 0 Å². The lowest BCUT2D eigenvalue weighted by atomic mass is 10.1. The Hall–Kier alpha value is -2.14. The van der Waals surface area contributed by atoms with Crippen molar-refractivity contribution >= 4 is 28.2 Å². The molecule has 0 saturated heterocycles. The summed E-state index contributed by atoms with van der Waals surface area (Å²) in [5.41, 5.74) is 3.04. The molecule has 21 heavy (non-hydrogen) atoms. The van der Waals surface area contributed by atoms with E-state index in [2.05, 4.69) is 0 Å². The highest BCUT2D eigenvalue weighted by atomic mass is 32.1. The zero-order valence-corrected chi connectivity index (χ0v) is 12.3. The second-order valence-electron chi connectivity index (χ2n) is 5.35. The summed E-state index contributed by atoms with van der Waals surface area (Å²) >= 11 is 1.59. The molecule has 106 valence electrons. The Morgan fingerprint density at radius 3 is 2.95 bits per heavy atom. The van der Waals surface area contributed by atoms with Crippen molar-refractivity contribution in [1.82, 2.24) is 4.57 Å². The number of thiophene rings is 1. The molecular weight excluding hydrogens is 286 g/mol. The lowest BCUT2D eigenvalue weighted by Gasteiger charge is -1.99. The smallest absolute Gasteiger partial charge is 0.408 e. The van der Waals surface area contributed by atoms with Crippen molar-refractivity contribution in [3.05, 3.63) is 55.7 Å². The van der Waals surface area contributed by atoms with Gasteiger partial charge in [-0.25, -0.2) is 4.79 Å². The normalized spacial score (nSPS) is 13.8. The van der Waals surface area contributed by atoms with E-state index in [4.69, 9.17) is 4.42 Å². The fraction of sp³-hybridized carbons (Fsp3) is 0.250. The van der Waals surface area contributed by atoms with Crippen LogP contribution in [0.2, 0.25) is 0 Å². The molecule has 1 aromatic carbocycles. The molecule has 4 nitrogen and oxygen atoms in total. The molecule has 0 unspecified atom stereocenters. The average molecular weight is 299 g/mol. The third-order valence-corrected chi connectivity index (χ3v) is 5.26. The Kier molecular flexibility index (Phi) is 2.65. The van der Waals surface area contributed by atoms with Crippen molar-refractivity contribution in [3.8, 4) is 0 Å². The maximum absolute atomic E-state index is 12.6. The summed E-state index contributed by atoms with van der Waals surface area (Å²) < 4.78 is 6.58. The molecule has 0 saturated carbocycles. The number of carbonyl (C=O) groups excluding carboxylic acids is 1. The van der Waals surface area contributed by atoms with Gasteiger partial charge in [0.15, 0.2) is 5.58 Å². The first-order chi connectivity index (χ1) is 10.1. The second-order valence-corrected chi connectivity index (χ2v) is 6.49. The molecule has 2 heterocycles. The molecule has 5 heteroatoms. The van der Waals surface area contributed by atoms with Crippen LogP contribution < -0.4 is 5.76 Å². The molecule has 0 fully saturated rings. The van der Waals surface area contributed by atoms with E-state index in [-0.39, 0.29) is 5.78 Å². The van der Waals surface area contributed by atoms with E-state index in [0.717, 1.165) is 17.7 Å². The van der Waals surface area contributed by atoms with Gasteiger partial charge >= 0.3 is 5.76 Å². The fourth-order valence-electron chi connectivity index (χ4n) is 2.86. The molecule has 4 rings (SSSR count). The van der Waals surface area contributed by atoms with Gasteiger partial charge in [0, 0.05) is 17.5 Å². The Morgan fingerprint density at radius 2 is 2.14 bits per heavy atom. The van der Waals surface area contributed by atoms with E-state index in [1.54, 1.807) is 36.6 Å². The minimum absolute atomic E-state index is 0.00259. The quantitative estimate of drug-likeness (QED) is 0.684. The van der Waals surface area contributed by atoms with Crippen LogP contribution in [-0.4, -0.2) is 10.4 Å². The van der Waals surface area contributed by atoms with Gasteiger partial charge in [0.1, 0.15) is 0 Å². The van der Waals surface area contributed by atoms with Crippen molar-refractivity contribution < 1.29 is 9.21 Å². The summed E-state index contributed by atoms with van der Waals surface area (Å²) in [6.07, 6.45) is 3.35. The molecule has 0 aliphatic heterocycles. The molecule has 0 amide bonds. The monoisotopic (exact) mass is 299 g/mol. The van der Waals surface area contributed by atoms with E-state index in [1.807, 2.05) is 6.07 Å². The molecule has 1 aliphatic rings. The fourth-order valence-corrected chi connectivity index (χ4v) is 4.07. The molecule has 0 N–H and O–H groups in total. The standard InChI is InChI=1S/C16H13NO3S/c1-17-11-6-5-10(7-12(11)20-16(17)19)15(18)14-8-9-3-2-4-13(9)21-14/h5-8H,2-4H2,1H3. The predicted molar refractivity (Wildman–Crippen MR) is 81.2 cm³/mol. The molecule has 0 radical (unpaired) electrons. The lowest BCUT2D eigenvalue weighted by molar-refractivity contribution is 0.104. The number of aromatic nitrogens is 1. The highest BCUT2D eigenvalue weighted by Crippen LogP contribution is 2.32. The minimum atomic E-state index is -0.412. The van der Waals surface area contributed by atoms with E-state index in [9.17, 15) is 9.59 Å². The summed E-state index contributed by atoms with van der Waals surface area (Å²) in [5.74, 6) is -0.410. The van der Waals surface area contributed by atoms with Gasteiger partial charge in [-0.3, -0.25) is 9.36 Å². The van der Waals surface area contributed by atoms with Gasteiger partial charge in [-0.1, -0.05) is 0 Å². The number of nitrogens with zero attached hydrogens (tertiary/aromatic N) is 1. The van der Waals surface area contributed by atoms with Crippen molar-refractivity contribution in [2.24, 2.45) is 7.05 Å². The third kappa shape index (κ3) is 1.88. The first-order valence-electron chi connectivity index (χ1n) is 6.89. The zero-order valence-electron chi connectivity index (χ0n) is 11.5. The molecule has 1 aliphatic carbocycles. The maximum Gasteiger partial charge on any atom is 0.419 e. The van der Waals surface area contributed by atoms with Crippen LogP contribution in [0.4, 0.5) is 0 Å². The second kappa shape index (κ2) is 4.43. The molecule has 0 atom stereocenters. The third-order valence-electron chi connectivity index (χ3n) is 4.02. The number of ketones is 1. The van der Waals surface area contributed by atoms with E-state index < -0.39 is 5.76 Å². The molecule has 0 bridgehead atoms. The van der Waals surface area contributed by atoms with Gasteiger partial charge in [0.2, 0.25) is 5.78 Å². The summed E-state index contributed by atoms with van der Waals surface area (Å²) in [5, 5.41) is 0. The Balaban J connectivity index is 1.78. The summed E-state index contributed by atoms with van der Waals surface area (Å²) in [7, 11) is 1.65. The van der Waals surface area contributed by atoms with Gasteiger partial charge < -0.3 is 4.42 Å². The topological polar surface area (TPSA) is 52.2 Å². The van der Waals surface area contributed by atoms with Gasteiger partial charge in [0.05, 0.1) is 10.4 Å². The van der Waals surface area contributed by atoms with E-state index in [1.165, 1.54) is 21.4 Å². The number of rotatable bonds is 2. The van der Waals surface area contributed by atoms with Crippen LogP contribution in [0.5, 0.6) is 0 Å². The first-order valence-corrected chi connectivity index (χ1v) is 7.71. The van der Waals surface area contributed by atoms with Gasteiger partial charge in [-0.2, -0.15) is 0 Å². The first kappa shape index (κ1) is 12.6. The highest BCUT2D eigenvalue weighted by molar-refractivity contribution is 7.14. The zero-order chi connectivity index (χ0) is 14.6. The van der Waals surface area contributed by atoms with Crippen LogP contribution in [0.25, 0.3) is 11.1 Å². The van der Waals surface area contributed by atoms with Crippen LogP contribution in [0.3, 0.4) is 0 Å². The van der Waals surface area contributed by atoms with Gasteiger partial charge in [-0.05, 0) is 49.1 Å². The van der Waals surface area contributed by atoms with Crippen LogP contribution in [-0.2, 0) is 19.9 Å². The highest BCUT2D eigenvalue weighted by Gasteiger charge is 2.20. The van der Waals surface area contributed by atoms with Crippen LogP contribution >= 0.6 is 11.3 Å². The van der Waals surface area contributed by atoms with E-state index >= 15 is 0 Å². The molecular formula is C16H13NO3S. The lowest BCUT2D eigenvalue weighted by Crippen LogP contribution is -2.08. The summed E-state index contributed by atoms with van der Waals surface area (Å²) in [6, 6.07) is 7.18. The van der Waals surface area contributed by atoms with E-state index in [0.29, 0.717) is 16.7 Å². The largest absolute Gasteiger partial charge is 0.419 e. The number of hydrogen-bond acceptors (Lipinski definition) is 4. The number of carbonyl (C=O) groups is 1. The Morgan fingerprint density at radius 1 is 1.29 bits per heavy atom. The SMILES string of the molecule is Cn1c(=O)oc2cc(C(=O)c3cc4c(s3)CCC4)ccc21. The Labute approximate surface area is 124 Å². The average Bonchev–Trinajstić information content (AvgIpc) is 3.12. The van der Waals surface area contributed by atoms with Crippen molar-refractivity contribution in [2.45, 2.75) is 19.3 Å². The number of oxazole rings is 1. The molecule has 3 aromatic rings. The van der Waals surface area contributed by atoms with Crippen molar-refractivity contribution in [1.29, 1.82) is 0 Å². The number of hydrogen-bond donors (Lipinski definition) is 0. The predicted octanol–water partition coefficient (Wildman–Crippen LogP) is 2.91. The number of benzene rings is 1. The summed E-state index contributed by atoms with van der Waals surface area (Å²) in [6.45, 7) is 0. The minimum Gasteiger partial charge on any atom is -0.408 e. The number of fused-ring (bicyclic) bond motifs is 2. The molecule has 2 aromatic heterocycles. The van der Waals surface area contributed by atoms with Crippen LogP contribution in [0, 0.1) is 0 Å². The summed E-state index contributed by atoms with van der Waals surface area (Å²) in [4.78, 5) is 26.2. The Bertz CT molecular complexity index is 907. The molecule has 0 spiro atoms. The number of aryl methyl sites for hydroxylation is 3. The van der Waals surface area contributed by atoms with Crippen molar-refractivity contribution in [3.63, 3.8) is 0 Å². The van der Waals surface area contributed by atoms with Gasteiger partial charge in [-0.15, -0.1) is 11.3 Å². The van der Waals surface area contributed by atoms with Gasteiger partial charge in [0.25, 0.3) is 0 Å². The van der Waals surface area contributed by atoms with Crippen LogP contribution in [0.15, 0.2) is 33.5 Å².